The first kappa shape index (κ1) is 23.0. The minimum Gasteiger partial charge on any atom is -0.370 e. The monoisotopic (exact) mass is 458 g/mol. The van der Waals surface area contributed by atoms with Gasteiger partial charge in [0.2, 0.25) is 0 Å². The van der Waals surface area contributed by atoms with Crippen LogP contribution < -0.4 is 10.6 Å². The van der Waals surface area contributed by atoms with Crippen LogP contribution in [-0.4, -0.2) is 70.9 Å². The van der Waals surface area contributed by atoms with Crippen molar-refractivity contribution in [1.29, 1.82) is 0 Å². The number of H-pyrrole nitrogens is 1. The van der Waals surface area contributed by atoms with Crippen molar-refractivity contribution >= 4 is 16.8 Å². The highest BCUT2D eigenvalue weighted by molar-refractivity contribution is 5.99. The minimum absolute atomic E-state index is 0.0638. The molecule has 0 spiro atoms. The van der Waals surface area contributed by atoms with E-state index in [4.69, 9.17) is 0 Å². The third kappa shape index (κ3) is 5.11. The van der Waals surface area contributed by atoms with Crippen LogP contribution in [0.15, 0.2) is 30.2 Å². The van der Waals surface area contributed by atoms with Crippen molar-refractivity contribution in [3.63, 3.8) is 0 Å². The van der Waals surface area contributed by atoms with E-state index in [-0.39, 0.29) is 17.8 Å². The molecule has 10 heteroatoms. The van der Waals surface area contributed by atoms with Gasteiger partial charge in [-0.05, 0) is 50.3 Å². The van der Waals surface area contributed by atoms with Gasteiger partial charge in [0, 0.05) is 50.7 Å². The highest BCUT2D eigenvalue weighted by Crippen LogP contribution is 2.26. The molecular weight excluding hydrogens is 427 g/mol. The van der Waals surface area contributed by atoms with Crippen molar-refractivity contribution in [2.45, 2.75) is 44.7 Å². The van der Waals surface area contributed by atoms with E-state index in [9.17, 15) is 19.3 Å². The topological polar surface area (TPSA) is 107 Å². The Kier molecular flexibility index (Phi) is 6.83. The number of piperazine rings is 1. The summed E-state index contributed by atoms with van der Waals surface area (Å²) in [5, 5.41) is 17.3. The van der Waals surface area contributed by atoms with Gasteiger partial charge in [-0.15, -0.1) is 0 Å². The van der Waals surface area contributed by atoms with Crippen molar-refractivity contribution in [2.24, 2.45) is 0 Å². The van der Waals surface area contributed by atoms with Crippen LogP contribution in [0.5, 0.6) is 0 Å². The Labute approximate surface area is 192 Å². The van der Waals surface area contributed by atoms with Gasteiger partial charge in [-0.3, -0.25) is 19.8 Å². The van der Waals surface area contributed by atoms with Crippen LogP contribution in [-0.2, 0) is 0 Å². The van der Waals surface area contributed by atoms with Crippen LogP contribution in [0, 0.1) is 22.9 Å². The second-order valence-electron chi connectivity index (χ2n) is 8.90. The quantitative estimate of drug-likeness (QED) is 0.454. The van der Waals surface area contributed by atoms with Gasteiger partial charge in [-0.2, -0.15) is 0 Å². The first-order chi connectivity index (χ1) is 15.9. The van der Waals surface area contributed by atoms with Gasteiger partial charge in [0.1, 0.15) is 11.5 Å². The first-order valence-electron chi connectivity index (χ1n) is 11.5. The standard InChI is InChI=1S/C23H31FN6O3/c1-15-6-7-19(24)18-13-20(27-22(15)18)23(31)26-16-4-3-5-17(12-16)28-8-10-29(11-9-28)21(25-2)14-30(32)33/h6-7,13-14,16-17,25,27H,3-5,8-12H2,1-2H3,(H,26,31)/b21-14+/t16-,17-/m1/s1. The lowest BCUT2D eigenvalue weighted by molar-refractivity contribution is -0.404. The van der Waals surface area contributed by atoms with Gasteiger partial charge in [0.05, 0.1) is 10.4 Å². The normalized spacial score (nSPS) is 22.4. The fourth-order valence-electron chi connectivity index (χ4n) is 5.07. The average molecular weight is 459 g/mol. The second-order valence-corrected chi connectivity index (χ2v) is 8.90. The number of carbonyl (C=O) groups is 1. The number of nitrogens with one attached hydrogen (secondary N) is 3. The maximum absolute atomic E-state index is 14.1. The van der Waals surface area contributed by atoms with Crippen molar-refractivity contribution < 1.29 is 14.1 Å². The van der Waals surface area contributed by atoms with E-state index in [1.54, 1.807) is 19.2 Å². The van der Waals surface area contributed by atoms with Gasteiger partial charge in [0.15, 0.2) is 5.82 Å². The maximum atomic E-state index is 14.1. The van der Waals surface area contributed by atoms with Crippen LogP contribution in [0.4, 0.5) is 4.39 Å². The summed E-state index contributed by atoms with van der Waals surface area (Å²) in [6.07, 6.45) is 4.90. The lowest BCUT2D eigenvalue weighted by atomic mass is 9.89. The predicted octanol–water partition coefficient (Wildman–Crippen LogP) is 2.57. The first-order valence-corrected chi connectivity index (χ1v) is 11.5. The molecule has 2 aromatic rings. The molecule has 0 radical (unpaired) electrons. The van der Waals surface area contributed by atoms with Crippen LogP contribution >= 0.6 is 0 Å². The molecule has 4 rings (SSSR count). The van der Waals surface area contributed by atoms with Gasteiger partial charge in [0.25, 0.3) is 12.1 Å². The van der Waals surface area contributed by atoms with E-state index in [1.807, 2.05) is 11.8 Å². The Morgan fingerprint density at radius 1 is 1.27 bits per heavy atom. The molecule has 2 aliphatic rings. The molecule has 33 heavy (non-hydrogen) atoms. The lowest BCUT2D eigenvalue weighted by Crippen LogP contribution is -2.53. The highest BCUT2D eigenvalue weighted by atomic mass is 19.1. The fraction of sp³-hybridized carbons (Fsp3) is 0.522. The number of fused-ring (bicyclic) bond motifs is 1. The third-order valence-electron chi connectivity index (χ3n) is 6.83. The SMILES string of the molecule is CN/C(=C\[N+](=O)[O-])N1CCN([C@@H]2CCC[C@@H](NC(=O)c3cc4c(F)ccc(C)c4[nH]3)C2)CC1. The number of benzene rings is 1. The summed E-state index contributed by atoms with van der Waals surface area (Å²) in [7, 11) is 1.69. The number of aromatic nitrogens is 1. The molecule has 3 N–H and O–H groups in total. The van der Waals surface area contributed by atoms with Gasteiger partial charge in [-0.1, -0.05) is 6.07 Å². The average Bonchev–Trinajstić information content (AvgIpc) is 3.27. The molecule has 1 aliphatic heterocycles. The number of hydrogen-bond donors (Lipinski definition) is 3. The molecule has 1 aromatic carbocycles. The molecule has 2 fully saturated rings. The van der Waals surface area contributed by atoms with Crippen molar-refractivity contribution in [3.05, 3.63) is 57.4 Å². The summed E-state index contributed by atoms with van der Waals surface area (Å²) in [5.41, 5.74) is 1.94. The fourth-order valence-corrected chi connectivity index (χ4v) is 5.07. The summed E-state index contributed by atoms with van der Waals surface area (Å²) >= 11 is 0. The van der Waals surface area contributed by atoms with Crippen LogP contribution in [0.3, 0.4) is 0 Å². The minimum atomic E-state index is -0.435. The van der Waals surface area contributed by atoms with Crippen molar-refractivity contribution in [2.75, 3.05) is 33.2 Å². The number of carbonyl (C=O) groups excluding carboxylic acids is 1. The highest BCUT2D eigenvalue weighted by Gasteiger charge is 2.31. The number of hydrogen-bond acceptors (Lipinski definition) is 6. The lowest BCUT2D eigenvalue weighted by Gasteiger charge is -2.43. The molecule has 1 saturated heterocycles. The number of nitro groups is 1. The number of rotatable bonds is 6. The maximum Gasteiger partial charge on any atom is 0.274 e. The zero-order valence-corrected chi connectivity index (χ0v) is 19.1. The Balaban J connectivity index is 1.35. The van der Waals surface area contributed by atoms with E-state index in [2.05, 4.69) is 20.5 Å². The Morgan fingerprint density at radius 2 is 2.03 bits per heavy atom. The van der Waals surface area contributed by atoms with Crippen LogP contribution in [0.1, 0.15) is 41.7 Å². The smallest absolute Gasteiger partial charge is 0.274 e. The Morgan fingerprint density at radius 3 is 2.70 bits per heavy atom. The van der Waals surface area contributed by atoms with E-state index in [1.165, 1.54) is 6.07 Å². The number of halogens is 1. The van der Waals surface area contributed by atoms with E-state index < -0.39 is 4.92 Å². The predicted molar refractivity (Wildman–Crippen MR) is 124 cm³/mol. The third-order valence-corrected chi connectivity index (χ3v) is 6.83. The molecule has 2 atom stereocenters. The molecule has 1 aliphatic carbocycles. The molecule has 1 saturated carbocycles. The van der Waals surface area contributed by atoms with Gasteiger partial charge in [-0.25, -0.2) is 4.39 Å². The molecular formula is C23H31FN6O3. The molecule has 1 aromatic heterocycles. The molecule has 0 bridgehead atoms. The molecule has 0 unspecified atom stereocenters. The summed E-state index contributed by atoms with van der Waals surface area (Å²) in [4.78, 5) is 30.8. The van der Waals surface area contributed by atoms with Crippen molar-refractivity contribution in [1.82, 2.24) is 25.4 Å². The van der Waals surface area contributed by atoms with Crippen LogP contribution in [0.25, 0.3) is 10.9 Å². The second kappa shape index (κ2) is 9.78. The molecule has 178 valence electrons. The largest absolute Gasteiger partial charge is 0.370 e. The van der Waals surface area contributed by atoms with Gasteiger partial charge >= 0.3 is 0 Å². The zero-order valence-electron chi connectivity index (χ0n) is 19.1. The number of nitrogens with zero attached hydrogens (tertiary/aromatic N) is 3. The molecule has 2 heterocycles. The van der Waals surface area contributed by atoms with E-state index in [0.29, 0.717) is 41.5 Å². The summed E-state index contributed by atoms with van der Waals surface area (Å²) in [6, 6.07) is 5.14. The number of aromatic amines is 1. The summed E-state index contributed by atoms with van der Waals surface area (Å²) in [5.74, 6) is -0.0141. The Hall–Kier alpha value is -3.14. The summed E-state index contributed by atoms with van der Waals surface area (Å²) in [6.45, 7) is 4.96. The van der Waals surface area contributed by atoms with Crippen LogP contribution in [0.2, 0.25) is 0 Å². The molecule has 9 nitrogen and oxygen atoms in total. The summed E-state index contributed by atoms with van der Waals surface area (Å²) < 4.78 is 14.1. The zero-order chi connectivity index (χ0) is 23.5. The molecule has 1 amide bonds. The number of amides is 1. The Bertz CT molecular complexity index is 1020. The van der Waals surface area contributed by atoms with E-state index in [0.717, 1.165) is 50.5 Å². The van der Waals surface area contributed by atoms with E-state index >= 15 is 0 Å². The number of aryl methyl sites for hydroxylation is 1. The van der Waals surface area contributed by atoms with Gasteiger partial charge < -0.3 is 20.5 Å². The van der Waals surface area contributed by atoms with Crippen molar-refractivity contribution in [3.8, 4) is 0 Å².